The Morgan fingerprint density at radius 3 is 2.47 bits per heavy atom. The van der Waals surface area contributed by atoms with E-state index in [9.17, 15) is 4.79 Å². The number of rotatable bonds is 7. The highest BCUT2D eigenvalue weighted by atomic mass is 35.5. The SMILES string of the molecule is CCc1ccc(CCNC(=O)CCCCl)cc1. The van der Waals surface area contributed by atoms with Crippen LogP contribution >= 0.6 is 11.6 Å². The van der Waals surface area contributed by atoms with Crippen LogP contribution in [0, 0.1) is 0 Å². The van der Waals surface area contributed by atoms with Gasteiger partial charge in [-0.25, -0.2) is 0 Å². The minimum absolute atomic E-state index is 0.0934. The van der Waals surface area contributed by atoms with E-state index in [1.807, 2.05) is 0 Å². The Kier molecular flexibility index (Phi) is 6.71. The fraction of sp³-hybridized carbons (Fsp3) is 0.500. The number of benzene rings is 1. The average Bonchev–Trinajstić information content (AvgIpc) is 2.37. The molecule has 0 aliphatic carbocycles. The summed E-state index contributed by atoms with van der Waals surface area (Å²) in [7, 11) is 0. The van der Waals surface area contributed by atoms with Gasteiger partial charge in [0, 0.05) is 18.8 Å². The van der Waals surface area contributed by atoms with Gasteiger partial charge in [0.25, 0.3) is 0 Å². The normalized spacial score (nSPS) is 10.2. The van der Waals surface area contributed by atoms with E-state index in [1.165, 1.54) is 11.1 Å². The van der Waals surface area contributed by atoms with Crippen LogP contribution in [0.1, 0.15) is 30.9 Å². The van der Waals surface area contributed by atoms with Crippen LogP contribution in [0.3, 0.4) is 0 Å². The number of aryl methyl sites for hydroxylation is 1. The van der Waals surface area contributed by atoms with E-state index < -0.39 is 0 Å². The molecule has 17 heavy (non-hydrogen) atoms. The number of alkyl halides is 1. The molecule has 0 heterocycles. The zero-order chi connectivity index (χ0) is 12.5. The van der Waals surface area contributed by atoms with Crippen LogP contribution in [0.15, 0.2) is 24.3 Å². The summed E-state index contributed by atoms with van der Waals surface area (Å²) < 4.78 is 0. The summed E-state index contributed by atoms with van der Waals surface area (Å²) in [6.45, 7) is 2.85. The van der Waals surface area contributed by atoms with Crippen molar-refractivity contribution in [2.24, 2.45) is 0 Å². The van der Waals surface area contributed by atoms with E-state index in [4.69, 9.17) is 11.6 Å². The maximum atomic E-state index is 11.3. The largest absolute Gasteiger partial charge is 0.356 e. The van der Waals surface area contributed by atoms with Crippen molar-refractivity contribution < 1.29 is 4.79 Å². The lowest BCUT2D eigenvalue weighted by Gasteiger charge is -2.05. The molecule has 1 rings (SSSR count). The first kappa shape index (κ1) is 14.0. The molecule has 1 amide bonds. The Hall–Kier alpha value is -1.02. The second-order valence-corrected chi connectivity index (χ2v) is 4.44. The highest BCUT2D eigenvalue weighted by Crippen LogP contribution is 2.05. The van der Waals surface area contributed by atoms with E-state index in [1.54, 1.807) is 0 Å². The summed E-state index contributed by atoms with van der Waals surface area (Å²) in [5.74, 6) is 0.641. The molecule has 0 saturated carbocycles. The number of hydrogen-bond acceptors (Lipinski definition) is 1. The molecule has 0 fully saturated rings. The molecule has 0 unspecified atom stereocenters. The Balaban J connectivity index is 2.23. The molecule has 0 aliphatic rings. The second-order valence-electron chi connectivity index (χ2n) is 4.06. The molecule has 0 spiro atoms. The van der Waals surface area contributed by atoms with E-state index in [2.05, 4.69) is 36.5 Å². The van der Waals surface area contributed by atoms with Gasteiger partial charge in [-0.2, -0.15) is 0 Å². The molecule has 0 aromatic heterocycles. The molecule has 94 valence electrons. The number of halogens is 1. The number of hydrogen-bond donors (Lipinski definition) is 1. The van der Waals surface area contributed by atoms with Crippen LogP contribution in [0.2, 0.25) is 0 Å². The van der Waals surface area contributed by atoms with Gasteiger partial charge in [0.05, 0.1) is 0 Å². The van der Waals surface area contributed by atoms with Crippen molar-refractivity contribution >= 4 is 17.5 Å². The third-order valence-electron chi connectivity index (χ3n) is 2.70. The van der Waals surface area contributed by atoms with Gasteiger partial charge in [-0.15, -0.1) is 11.6 Å². The number of carbonyl (C=O) groups is 1. The standard InChI is InChI=1S/C14H20ClNO/c1-2-12-5-7-13(8-6-12)9-11-16-14(17)4-3-10-15/h5-8H,2-4,9-11H2,1H3,(H,16,17). The zero-order valence-electron chi connectivity index (χ0n) is 10.3. The van der Waals surface area contributed by atoms with Gasteiger partial charge in [-0.05, 0) is 30.4 Å². The second kappa shape index (κ2) is 8.13. The topological polar surface area (TPSA) is 29.1 Å². The molecule has 2 nitrogen and oxygen atoms in total. The lowest BCUT2D eigenvalue weighted by molar-refractivity contribution is -0.121. The summed E-state index contributed by atoms with van der Waals surface area (Å²) in [6.07, 6.45) is 3.23. The highest BCUT2D eigenvalue weighted by molar-refractivity contribution is 6.17. The molecule has 0 atom stereocenters. The number of nitrogens with one attached hydrogen (secondary N) is 1. The van der Waals surface area contributed by atoms with Crippen molar-refractivity contribution in [2.45, 2.75) is 32.6 Å². The predicted octanol–water partition coefficient (Wildman–Crippen LogP) is 2.93. The van der Waals surface area contributed by atoms with Crippen LogP contribution in [-0.2, 0) is 17.6 Å². The van der Waals surface area contributed by atoms with Crippen molar-refractivity contribution in [2.75, 3.05) is 12.4 Å². The van der Waals surface area contributed by atoms with Crippen LogP contribution in [0.25, 0.3) is 0 Å². The molecule has 0 bridgehead atoms. The average molecular weight is 254 g/mol. The first-order chi connectivity index (χ1) is 8.26. The Morgan fingerprint density at radius 1 is 1.24 bits per heavy atom. The quantitative estimate of drug-likeness (QED) is 0.744. The fourth-order valence-corrected chi connectivity index (χ4v) is 1.74. The van der Waals surface area contributed by atoms with E-state index in [0.717, 1.165) is 19.3 Å². The Bertz CT molecular complexity index is 335. The van der Waals surface area contributed by atoms with Gasteiger partial charge in [-0.1, -0.05) is 31.2 Å². The summed E-state index contributed by atoms with van der Waals surface area (Å²) in [4.78, 5) is 11.3. The number of carbonyl (C=O) groups excluding carboxylic acids is 1. The van der Waals surface area contributed by atoms with Crippen LogP contribution in [0.5, 0.6) is 0 Å². The lowest BCUT2D eigenvalue weighted by atomic mass is 10.1. The van der Waals surface area contributed by atoms with Crippen molar-refractivity contribution in [3.8, 4) is 0 Å². The van der Waals surface area contributed by atoms with Gasteiger partial charge in [-0.3, -0.25) is 4.79 Å². The molecule has 0 radical (unpaired) electrons. The van der Waals surface area contributed by atoms with Gasteiger partial charge in [0.2, 0.25) is 5.91 Å². The lowest BCUT2D eigenvalue weighted by Crippen LogP contribution is -2.25. The first-order valence-corrected chi connectivity index (χ1v) is 6.70. The summed E-state index contributed by atoms with van der Waals surface area (Å²) in [5.41, 5.74) is 2.61. The minimum Gasteiger partial charge on any atom is -0.356 e. The number of amides is 1. The third-order valence-corrected chi connectivity index (χ3v) is 2.97. The maximum Gasteiger partial charge on any atom is 0.220 e. The molecule has 1 N–H and O–H groups in total. The van der Waals surface area contributed by atoms with Crippen LogP contribution in [-0.4, -0.2) is 18.3 Å². The first-order valence-electron chi connectivity index (χ1n) is 6.16. The predicted molar refractivity (Wildman–Crippen MR) is 72.5 cm³/mol. The molecule has 1 aromatic carbocycles. The smallest absolute Gasteiger partial charge is 0.220 e. The molecular formula is C14H20ClNO. The monoisotopic (exact) mass is 253 g/mol. The van der Waals surface area contributed by atoms with E-state index in [0.29, 0.717) is 18.8 Å². The van der Waals surface area contributed by atoms with Gasteiger partial charge in [0.1, 0.15) is 0 Å². The van der Waals surface area contributed by atoms with Crippen LogP contribution in [0.4, 0.5) is 0 Å². The Morgan fingerprint density at radius 2 is 1.88 bits per heavy atom. The van der Waals surface area contributed by atoms with Crippen molar-refractivity contribution in [3.05, 3.63) is 35.4 Å². The van der Waals surface area contributed by atoms with Crippen molar-refractivity contribution in [1.82, 2.24) is 5.32 Å². The maximum absolute atomic E-state index is 11.3. The summed E-state index contributed by atoms with van der Waals surface area (Å²) >= 11 is 5.52. The summed E-state index contributed by atoms with van der Waals surface area (Å²) in [6, 6.07) is 8.54. The molecule has 0 saturated heterocycles. The Labute approximate surface area is 108 Å². The third kappa shape index (κ3) is 5.73. The van der Waals surface area contributed by atoms with Crippen molar-refractivity contribution in [3.63, 3.8) is 0 Å². The van der Waals surface area contributed by atoms with Crippen molar-refractivity contribution in [1.29, 1.82) is 0 Å². The highest BCUT2D eigenvalue weighted by Gasteiger charge is 2.00. The van der Waals surface area contributed by atoms with E-state index in [-0.39, 0.29) is 5.91 Å². The van der Waals surface area contributed by atoms with Gasteiger partial charge >= 0.3 is 0 Å². The molecule has 0 aliphatic heterocycles. The van der Waals surface area contributed by atoms with Gasteiger partial charge < -0.3 is 5.32 Å². The molecule has 3 heteroatoms. The minimum atomic E-state index is 0.0934. The molecule has 1 aromatic rings. The zero-order valence-corrected chi connectivity index (χ0v) is 11.1. The summed E-state index contributed by atoms with van der Waals surface area (Å²) in [5, 5.41) is 2.90. The van der Waals surface area contributed by atoms with E-state index >= 15 is 0 Å². The van der Waals surface area contributed by atoms with Gasteiger partial charge in [0.15, 0.2) is 0 Å². The fourth-order valence-electron chi connectivity index (χ4n) is 1.60. The van der Waals surface area contributed by atoms with Crippen LogP contribution < -0.4 is 5.32 Å². The molecular weight excluding hydrogens is 234 g/mol.